The minimum atomic E-state index is 0.211. The van der Waals surface area contributed by atoms with Crippen molar-refractivity contribution in [1.29, 1.82) is 0 Å². The summed E-state index contributed by atoms with van der Waals surface area (Å²) in [4.78, 5) is 17.5. The SMILES string of the molecule is O=C(NC1CC1)[C@@H]1CCCN(C2CCN(Cc3ccoc3)CC2)C1. The number of rotatable bonds is 5. The maximum absolute atomic E-state index is 12.4. The predicted octanol–water partition coefficient (Wildman–Crippen LogP) is 2.23. The van der Waals surface area contributed by atoms with Crippen LogP contribution in [-0.2, 0) is 11.3 Å². The van der Waals surface area contributed by atoms with Gasteiger partial charge >= 0.3 is 0 Å². The van der Waals surface area contributed by atoms with Gasteiger partial charge in [-0.2, -0.15) is 0 Å². The molecule has 0 spiro atoms. The summed E-state index contributed by atoms with van der Waals surface area (Å²) in [6.07, 6.45) is 10.6. The van der Waals surface area contributed by atoms with Crippen molar-refractivity contribution in [2.75, 3.05) is 26.2 Å². The second kappa shape index (κ2) is 7.28. The van der Waals surface area contributed by atoms with Crippen molar-refractivity contribution in [1.82, 2.24) is 15.1 Å². The zero-order valence-electron chi connectivity index (χ0n) is 14.5. The summed E-state index contributed by atoms with van der Waals surface area (Å²) in [7, 11) is 0. The Kier molecular flexibility index (Phi) is 4.90. The van der Waals surface area contributed by atoms with Crippen molar-refractivity contribution in [2.24, 2.45) is 5.92 Å². The summed E-state index contributed by atoms with van der Waals surface area (Å²) < 4.78 is 5.17. The molecule has 2 aliphatic heterocycles. The highest BCUT2D eigenvalue weighted by molar-refractivity contribution is 5.79. The van der Waals surface area contributed by atoms with Gasteiger partial charge in [0.05, 0.1) is 18.4 Å². The first kappa shape index (κ1) is 16.2. The molecule has 0 bridgehead atoms. The van der Waals surface area contributed by atoms with Crippen molar-refractivity contribution in [3.05, 3.63) is 24.2 Å². The Hall–Kier alpha value is -1.33. The molecule has 0 unspecified atom stereocenters. The third-order valence-corrected chi connectivity index (χ3v) is 5.81. The van der Waals surface area contributed by atoms with Crippen molar-refractivity contribution < 1.29 is 9.21 Å². The van der Waals surface area contributed by atoms with Crippen LogP contribution in [0.3, 0.4) is 0 Å². The number of likely N-dealkylation sites (tertiary alicyclic amines) is 2. The van der Waals surface area contributed by atoms with E-state index in [2.05, 4.69) is 21.2 Å². The molecule has 5 nitrogen and oxygen atoms in total. The first-order valence-electron chi connectivity index (χ1n) is 9.56. The molecule has 132 valence electrons. The molecule has 1 saturated carbocycles. The van der Waals surface area contributed by atoms with Gasteiger partial charge < -0.3 is 9.73 Å². The Morgan fingerprint density at radius 1 is 1.17 bits per heavy atom. The van der Waals surface area contributed by atoms with E-state index in [4.69, 9.17) is 4.42 Å². The van der Waals surface area contributed by atoms with Crippen molar-refractivity contribution in [3.63, 3.8) is 0 Å². The Bertz CT molecular complexity index is 533. The molecule has 4 rings (SSSR count). The highest BCUT2D eigenvalue weighted by Crippen LogP contribution is 2.26. The molecule has 3 aliphatic rings. The van der Waals surface area contributed by atoms with Gasteiger partial charge in [-0.05, 0) is 64.2 Å². The average Bonchev–Trinajstić information content (AvgIpc) is 3.28. The van der Waals surface area contributed by atoms with Gasteiger partial charge in [0.25, 0.3) is 0 Å². The van der Waals surface area contributed by atoms with Gasteiger partial charge in [-0.1, -0.05) is 0 Å². The van der Waals surface area contributed by atoms with Crippen molar-refractivity contribution in [3.8, 4) is 0 Å². The van der Waals surface area contributed by atoms with Crippen LogP contribution >= 0.6 is 0 Å². The van der Waals surface area contributed by atoms with Gasteiger partial charge in [0, 0.05) is 30.7 Å². The number of amides is 1. The number of nitrogens with one attached hydrogen (secondary N) is 1. The van der Waals surface area contributed by atoms with E-state index >= 15 is 0 Å². The lowest BCUT2D eigenvalue weighted by Crippen LogP contribution is -2.50. The Morgan fingerprint density at radius 2 is 2.00 bits per heavy atom. The van der Waals surface area contributed by atoms with E-state index in [1.165, 1.54) is 37.8 Å². The normalized spacial score (nSPS) is 27.2. The van der Waals surface area contributed by atoms with Crippen molar-refractivity contribution >= 4 is 5.91 Å². The first-order chi connectivity index (χ1) is 11.8. The fourth-order valence-corrected chi connectivity index (χ4v) is 4.18. The van der Waals surface area contributed by atoms with Crippen LogP contribution in [0.15, 0.2) is 23.0 Å². The first-order valence-corrected chi connectivity index (χ1v) is 9.56. The lowest BCUT2D eigenvalue weighted by atomic mass is 9.93. The predicted molar refractivity (Wildman–Crippen MR) is 92.5 cm³/mol. The quantitative estimate of drug-likeness (QED) is 0.899. The second-order valence-corrected chi connectivity index (χ2v) is 7.76. The molecule has 1 aliphatic carbocycles. The van der Waals surface area contributed by atoms with Gasteiger partial charge in [-0.25, -0.2) is 0 Å². The molecule has 5 heteroatoms. The van der Waals surface area contributed by atoms with Crippen LogP contribution in [0.1, 0.15) is 44.1 Å². The summed E-state index contributed by atoms with van der Waals surface area (Å²) in [5.74, 6) is 0.517. The molecule has 1 amide bonds. The van der Waals surface area contributed by atoms with Gasteiger partial charge in [-0.15, -0.1) is 0 Å². The summed E-state index contributed by atoms with van der Waals surface area (Å²) >= 11 is 0. The van der Waals surface area contributed by atoms with Crippen molar-refractivity contribution in [2.45, 2.75) is 57.2 Å². The number of carbonyl (C=O) groups excluding carboxylic acids is 1. The summed E-state index contributed by atoms with van der Waals surface area (Å²) in [5, 5.41) is 3.20. The Balaban J connectivity index is 1.24. The van der Waals surface area contributed by atoms with Gasteiger partial charge in [0.15, 0.2) is 0 Å². The molecule has 24 heavy (non-hydrogen) atoms. The van der Waals surface area contributed by atoms with Crippen LogP contribution in [0.5, 0.6) is 0 Å². The minimum Gasteiger partial charge on any atom is -0.472 e. The Labute approximate surface area is 144 Å². The van der Waals surface area contributed by atoms with Crippen LogP contribution in [0.2, 0.25) is 0 Å². The van der Waals surface area contributed by atoms with Crippen LogP contribution < -0.4 is 5.32 Å². The van der Waals surface area contributed by atoms with Crippen LogP contribution in [-0.4, -0.2) is 54.0 Å². The molecular formula is C19H29N3O2. The zero-order valence-corrected chi connectivity index (χ0v) is 14.5. The van der Waals surface area contributed by atoms with Gasteiger partial charge in [0.2, 0.25) is 5.91 Å². The number of furan rings is 1. The van der Waals surface area contributed by atoms with Gasteiger partial charge in [0.1, 0.15) is 0 Å². The molecular weight excluding hydrogens is 302 g/mol. The highest BCUT2D eigenvalue weighted by atomic mass is 16.3. The smallest absolute Gasteiger partial charge is 0.224 e. The third-order valence-electron chi connectivity index (χ3n) is 5.81. The van der Waals surface area contributed by atoms with E-state index in [1.807, 2.05) is 6.26 Å². The molecule has 1 aromatic heterocycles. The van der Waals surface area contributed by atoms with Crippen LogP contribution in [0.25, 0.3) is 0 Å². The number of hydrogen-bond donors (Lipinski definition) is 1. The number of nitrogens with zero attached hydrogens (tertiary/aromatic N) is 2. The van der Waals surface area contributed by atoms with E-state index in [-0.39, 0.29) is 5.92 Å². The molecule has 1 aromatic rings. The fourth-order valence-electron chi connectivity index (χ4n) is 4.18. The largest absolute Gasteiger partial charge is 0.472 e. The molecule has 0 aromatic carbocycles. The van der Waals surface area contributed by atoms with E-state index in [1.54, 1.807) is 6.26 Å². The lowest BCUT2D eigenvalue weighted by Gasteiger charge is -2.42. The van der Waals surface area contributed by atoms with E-state index in [0.717, 1.165) is 39.0 Å². The molecule has 1 N–H and O–H groups in total. The molecule has 0 radical (unpaired) electrons. The van der Waals surface area contributed by atoms with E-state index in [9.17, 15) is 4.79 Å². The van der Waals surface area contributed by atoms with E-state index < -0.39 is 0 Å². The molecule has 1 atom stereocenters. The average molecular weight is 331 g/mol. The highest BCUT2D eigenvalue weighted by Gasteiger charge is 2.33. The van der Waals surface area contributed by atoms with Crippen LogP contribution in [0, 0.1) is 5.92 Å². The monoisotopic (exact) mass is 331 g/mol. The molecule has 3 fully saturated rings. The lowest BCUT2D eigenvalue weighted by molar-refractivity contribution is -0.127. The fraction of sp³-hybridized carbons (Fsp3) is 0.737. The number of carbonyl (C=O) groups is 1. The van der Waals surface area contributed by atoms with E-state index in [0.29, 0.717) is 18.0 Å². The third kappa shape index (κ3) is 4.01. The maximum atomic E-state index is 12.4. The molecule has 3 heterocycles. The standard InChI is InChI=1S/C19H29N3O2/c23-19(20-17-3-4-17)16-2-1-8-22(13-16)18-5-9-21(10-6-18)12-15-7-11-24-14-15/h7,11,14,16-18H,1-6,8-10,12-13H2,(H,20,23)/t16-/m1/s1. The van der Waals surface area contributed by atoms with Gasteiger partial charge in [-0.3, -0.25) is 14.6 Å². The Morgan fingerprint density at radius 3 is 2.71 bits per heavy atom. The minimum absolute atomic E-state index is 0.211. The topological polar surface area (TPSA) is 48.7 Å². The summed E-state index contributed by atoms with van der Waals surface area (Å²) in [6.45, 7) is 5.41. The second-order valence-electron chi connectivity index (χ2n) is 7.76. The maximum Gasteiger partial charge on any atom is 0.224 e. The zero-order chi connectivity index (χ0) is 16.4. The van der Waals surface area contributed by atoms with Crippen LogP contribution in [0.4, 0.5) is 0 Å². The summed E-state index contributed by atoms with van der Waals surface area (Å²) in [6, 6.07) is 3.20. The number of hydrogen-bond acceptors (Lipinski definition) is 4. The molecule has 2 saturated heterocycles. The number of piperidine rings is 2. The summed E-state index contributed by atoms with van der Waals surface area (Å²) in [5.41, 5.74) is 1.27.